The maximum Gasteiger partial charge on any atom is 0.343 e. The molecule has 0 aliphatic rings. The quantitative estimate of drug-likeness (QED) is 0.862. The van der Waals surface area contributed by atoms with E-state index in [0.29, 0.717) is 11.1 Å². The van der Waals surface area contributed by atoms with Gasteiger partial charge in [-0.15, -0.1) is 0 Å². The van der Waals surface area contributed by atoms with Crippen molar-refractivity contribution in [3.63, 3.8) is 0 Å². The molecule has 0 unspecified atom stereocenters. The lowest BCUT2D eigenvalue weighted by Gasteiger charge is -2.08. The maximum atomic E-state index is 12.4. The average Bonchev–Trinajstić information content (AvgIpc) is 2.38. The zero-order valence-corrected chi connectivity index (χ0v) is 11.4. The van der Waals surface area contributed by atoms with E-state index in [1.807, 2.05) is 25.1 Å². The molecule has 0 saturated carbocycles. The van der Waals surface area contributed by atoms with E-state index < -0.39 is 5.97 Å². The monoisotopic (exact) mass is 259 g/mol. The van der Waals surface area contributed by atoms with Gasteiger partial charge in [0.1, 0.15) is 5.56 Å². The Labute approximate surface area is 111 Å². The summed E-state index contributed by atoms with van der Waals surface area (Å²) in [7, 11) is 0. The number of benzene rings is 1. The first-order valence-corrected chi connectivity index (χ1v) is 6.41. The molecule has 0 radical (unpaired) electrons. The summed E-state index contributed by atoms with van der Waals surface area (Å²) in [6, 6.07) is 5.68. The number of esters is 1. The van der Waals surface area contributed by atoms with Gasteiger partial charge in [-0.25, -0.2) is 4.79 Å². The number of ether oxygens (including phenoxy) is 1. The van der Waals surface area contributed by atoms with Crippen molar-refractivity contribution < 1.29 is 9.53 Å². The average molecular weight is 259 g/mol. The van der Waals surface area contributed by atoms with Gasteiger partial charge in [-0.2, -0.15) is 0 Å². The molecule has 0 atom stereocenters. The van der Waals surface area contributed by atoms with E-state index in [0.717, 1.165) is 17.5 Å². The number of hydrogen-bond acceptors (Lipinski definition) is 3. The van der Waals surface area contributed by atoms with Crippen LogP contribution in [0.4, 0.5) is 0 Å². The maximum absolute atomic E-state index is 12.4. The highest BCUT2D eigenvalue weighted by atomic mass is 16.5. The van der Waals surface area contributed by atoms with Gasteiger partial charge in [-0.05, 0) is 38.0 Å². The van der Waals surface area contributed by atoms with Crippen LogP contribution in [0.2, 0.25) is 0 Å². The molecule has 1 aromatic heterocycles. The standard InChI is InChI=1S/C15H17NO3/c1-4-10-6-7-12-11(8-10)14(17)13(9(3)16-12)15(18)19-5-2/h6-8H,4-5H2,1-3H3,(H,16,17). The Balaban J connectivity index is 2.72. The molecule has 0 spiro atoms. The molecule has 4 nitrogen and oxygen atoms in total. The third-order valence-corrected chi connectivity index (χ3v) is 3.14. The van der Waals surface area contributed by atoms with Crippen molar-refractivity contribution in [2.24, 2.45) is 0 Å². The van der Waals surface area contributed by atoms with Gasteiger partial charge < -0.3 is 9.72 Å². The fourth-order valence-electron chi connectivity index (χ4n) is 2.13. The summed E-state index contributed by atoms with van der Waals surface area (Å²) < 4.78 is 4.94. The first-order valence-electron chi connectivity index (χ1n) is 6.41. The van der Waals surface area contributed by atoms with Crippen molar-refractivity contribution in [1.29, 1.82) is 0 Å². The van der Waals surface area contributed by atoms with Crippen molar-refractivity contribution in [2.75, 3.05) is 6.61 Å². The molecule has 2 rings (SSSR count). The summed E-state index contributed by atoms with van der Waals surface area (Å²) >= 11 is 0. The predicted molar refractivity (Wildman–Crippen MR) is 74.6 cm³/mol. The first kappa shape index (κ1) is 13.3. The number of carbonyl (C=O) groups is 1. The molecule has 2 aromatic rings. The summed E-state index contributed by atoms with van der Waals surface area (Å²) in [5.41, 5.74) is 2.19. The molecular weight excluding hydrogens is 242 g/mol. The number of aromatic amines is 1. The van der Waals surface area contributed by atoms with Gasteiger partial charge in [-0.1, -0.05) is 13.0 Å². The second kappa shape index (κ2) is 5.26. The number of aryl methyl sites for hydroxylation is 2. The van der Waals surface area contributed by atoms with Crippen LogP contribution in [0, 0.1) is 6.92 Å². The molecule has 0 fully saturated rings. The van der Waals surface area contributed by atoms with Crippen molar-refractivity contribution in [2.45, 2.75) is 27.2 Å². The van der Waals surface area contributed by atoms with Gasteiger partial charge in [0.25, 0.3) is 0 Å². The highest BCUT2D eigenvalue weighted by molar-refractivity contribution is 5.95. The summed E-state index contributed by atoms with van der Waals surface area (Å²) in [6.07, 6.45) is 0.845. The van der Waals surface area contributed by atoms with Crippen molar-refractivity contribution in [1.82, 2.24) is 4.98 Å². The zero-order valence-electron chi connectivity index (χ0n) is 11.4. The van der Waals surface area contributed by atoms with Crippen LogP contribution in [0.3, 0.4) is 0 Å². The van der Waals surface area contributed by atoms with Crippen LogP contribution in [-0.2, 0) is 11.2 Å². The minimum atomic E-state index is -0.565. The van der Waals surface area contributed by atoms with Crippen molar-refractivity contribution in [3.05, 3.63) is 45.2 Å². The largest absolute Gasteiger partial charge is 0.462 e. The van der Waals surface area contributed by atoms with E-state index in [1.54, 1.807) is 13.8 Å². The van der Waals surface area contributed by atoms with Crippen molar-refractivity contribution >= 4 is 16.9 Å². The van der Waals surface area contributed by atoms with Crippen LogP contribution in [0.25, 0.3) is 10.9 Å². The van der Waals surface area contributed by atoms with E-state index >= 15 is 0 Å². The molecule has 4 heteroatoms. The molecule has 0 aliphatic carbocycles. The topological polar surface area (TPSA) is 59.2 Å². The highest BCUT2D eigenvalue weighted by Crippen LogP contribution is 2.14. The number of hydrogen-bond donors (Lipinski definition) is 1. The molecule has 1 N–H and O–H groups in total. The smallest absolute Gasteiger partial charge is 0.343 e. The molecule has 19 heavy (non-hydrogen) atoms. The van der Waals surface area contributed by atoms with Gasteiger partial charge in [0.05, 0.1) is 6.61 Å². The van der Waals surface area contributed by atoms with Crippen LogP contribution in [0.15, 0.2) is 23.0 Å². The van der Waals surface area contributed by atoms with Gasteiger partial charge >= 0.3 is 5.97 Å². The summed E-state index contributed by atoms with van der Waals surface area (Å²) in [5.74, 6) is -0.565. The second-order valence-corrected chi connectivity index (χ2v) is 4.41. The Morgan fingerprint density at radius 3 is 2.68 bits per heavy atom. The van der Waals surface area contributed by atoms with Gasteiger partial charge in [0.15, 0.2) is 0 Å². The van der Waals surface area contributed by atoms with Gasteiger partial charge in [-0.3, -0.25) is 4.79 Å². The Kier molecular flexibility index (Phi) is 3.69. The molecule has 0 aliphatic heterocycles. The molecule has 1 heterocycles. The lowest BCUT2D eigenvalue weighted by Crippen LogP contribution is -2.20. The molecule has 0 bridgehead atoms. The fourth-order valence-corrected chi connectivity index (χ4v) is 2.13. The van der Waals surface area contributed by atoms with E-state index in [1.165, 1.54) is 0 Å². The minimum absolute atomic E-state index is 0.0996. The number of fused-ring (bicyclic) bond motifs is 1. The SMILES string of the molecule is CCOC(=O)c1c(C)[nH]c2ccc(CC)cc2c1=O. The van der Waals surface area contributed by atoms with E-state index in [9.17, 15) is 9.59 Å². The number of pyridine rings is 1. The van der Waals surface area contributed by atoms with Gasteiger partial charge in [0, 0.05) is 16.6 Å². The lowest BCUT2D eigenvalue weighted by atomic mass is 10.1. The second-order valence-electron chi connectivity index (χ2n) is 4.41. The molecule has 100 valence electrons. The highest BCUT2D eigenvalue weighted by Gasteiger charge is 2.17. The third kappa shape index (κ3) is 2.38. The summed E-state index contributed by atoms with van der Waals surface area (Å²) in [6.45, 7) is 5.71. The minimum Gasteiger partial charge on any atom is -0.462 e. The van der Waals surface area contributed by atoms with E-state index in [2.05, 4.69) is 4.98 Å². The number of carbonyl (C=O) groups excluding carboxylic acids is 1. The molecular formula is C15H17NO3. The van der Waals surface area contributed by atoms with Gasteiger partial charge in [0.2, 0.25) is 5.43 Å². The van der Waals surface area contributed by atoms with Crippen molar-refractivity contribution in [3.8, 4) is 0 Å². The molecule has 0 amide bonds. The van der Waals surface area contributed by atoms with Crippen LogP contribution < -0.4 is 5.43 Å². The number of nitrogens with one attached hydrogen (secondary N) is 1. The first-order chi connectivity index (χ1) is 9.08. The summed E-state index contributed by atoms with van der Waals surface area (Å²) in [5, 5.41) is 0.535. The summed E-state index contributed by atoms with van der Waals surface area (Å²) in [4.78, 5) is 27.3. The Morgan fingerprint density at radius 1 is 1.32 bits per heavy atom. The van der Waals surface area contributed by atoms with Crippen LogP contribution >= 0.6 is 0 Å². The molecule has 1 aromatic carbocycles. The third-order valence-electron chi connectivity index (χ3n) is 3.14. The van der Waals surface area contributed by atoms with E-state index in [4.69, 9.17) is 4.74 Å². The zero-order chi connectivity index (χ0) is 14.0. The number of aromatic nitrogens is 1. The Morgan fingerprint density at radius 2 is 2.05 bits per heavy atom. The van der Waals surface area contributed by atoms with Crippen LogP contribution in [-0.4, -0.2) is 17.6 Å². The predicted octanol–water partition coefficient (Wildman–Crippen LogP) is 2.58. The fraction of sp³-hybridized carbons (Fsp3) is 0.333. The van der Waals surface area contributed by atoms with E-state index in [-0.39, 0.29) is 17.6 Å². The lowest BCUT2D eigenvalue weighted by molar-refractivity contribution is 0.0524. The van der Waals surface area contributed by atoms with Crippen LogP contribution in [0.1, 0.15) is 35.5 Å². The number of rotatable bonds is 3. The molecule has 0 saturated heterocycles. The number of H-pyrrole nitrogens is 1. The Bertz CT molecular complexity index is 686. The Hall–Kier alpha value is -2.10. The normalized spacial score (nSPS) is 10.7. The van der Waals surface area contributed by atoms with Crippen LogP contribution in [0.5, 0.6) is 0 Å².